The van der Waals surface area contributed by atoms with Gasteiger partial charge in [0.25, 0.3) is 0 Å². The smallest absolute Gasteiger partial charge is 0.169 e. The lowest BCUT2D eigenvalue weighted by atomic mass is 10.1. The van der Waals surface area contributed by atoms with Gasteiger partial charge in [-0.3, -0.25) is 0 Å². The van der Waals surface area contributed by atoms with Crippen LogP contribution in [0.5, 0.6) is 0 Å². The van der Waals surface area contributed by atoms with Crippen LogP contribution in [0.4, 0.5) is 0 Å². The predicted octanol–water partition coefficient (Wildman–Crippen LogP) is 2.38. The van der Waals surface area contributed by atoms with Gasteiger partial charge in [-0.05, 0) is 51.3 Å². The molecule has 1 N–H and O–H groups in total. The standard InChI is InChI=1S/C16H28N4S/c1-18(2)13-10-17-16(21)20-12-6-4-5-8-15(20)14-9-7-11-19(14)3/h7,9,11,15H,4-6,8,10,12-13H2,1-3H3,(H,17,21)/t15-/m0/s1. The van der Waals surface area contributed by atoms with Gasteiger partial charge in [-0.25, -0.2) is 0 Å². The fourth-order valence-corrected chi connectivity index (χ4v) is 3.29. The number of hydrogen-bond acceptors (Lipinski definition) is 2. The van der Waals surface area contributed by atoms with E-state index in [1.54, 1.807) is 0 Å². The number of nitrogens with one attached hydrogen (secondary N) is 1. The van der Waals surface area contributed by atoms with E-state index in [2.05, 4.69) is 59.2 Å². The third-order valence-corrected chi connectivity index (χ3v) is 4.55. The molecule has 0 amide bonds. The van der Waals surface area contributed by atoms with Crippen LogP contribution < -0.4 is 5.32 Å². The third-order valence-electron chi connectivity index (χ3n) is 4.17. The summed E-state index contributed by atoms with van der Waals surface area (Å²) in [4.78, 5) is 4.57. The second-order valence-electron chi connectivity index (χ2n) is 6.14. The van der Waals surface area contributed by atoms with Crippen LogP contribution >= 0.6 is 12.2 Å². The molecular weight excluding hydrogens is 280 g/mol. The van der Waals surface area contributed by atoms with E-state index in [-0.39, 0.29) is 0 Å². The molecule has 1 aliphatic heterocycles. The summed E-state index contributed by atoms with van der Waals surface area (Å²) in [5, 5.41) is 4.34. The molecule has 1 aliphatic rings. The molecule has 0 aliphatic carbocycles. The number of hydrogen-bond donors (Lipinski definition) is 1. The zero-order chi connectivity index (χ0) is 15.2. The van der Waals surface area contributed by atoms with Crippen LogP contribution in [0.1, 0.15) is 37.4 Å². The predicted molar refractivity (Wildman–Crippen MR) is 92.5 cm³/mol. The highest BCUT2D eigenvalue weighted by Crippen LogP contribution is 2.30. The highest BCUT2D eigenvalue weighted by Gasteiger charge is 2.26. The first-order valence-corrected chi connectivity index (χ1v) is 8.31. The lowest BCUT2D eigenvalue weighted by Crippen LogP contribution is -2.44. The van der Waals surface area contributed by atoms with Crippen LogP contribution in [0.2, 0.25) is 0 Å². The maximum atomic E-state index is 5.67. The zero-order valence-corrected chi connectivity index (χ0v) is 14.3. The molecule has 0 bridgehead atoms. The molecule has 21 heavy (non-hydrogen) atoms. The van der Waals surface area contributed by atoms with Crippen LogP contribution in [0.3, 0.4) is 0 Å². The Kier molecular flexibility index (Phi) is 6.06. The Labute approximate surface area is 134 Å². The highest BCUT2D eigenvalue weighted by molar-refractivity contribution is 7.80. The number of likely N-dealkylation sites (tertiary alicyclic amines) is 1. The Bertz CT molecular complexity index is 455. The quantitative estimate of drug-likeness (QED) is 0.863. The topological polar surface area (TPSA) is 23.4 Å². The number of rotatable bonds is 4. The zero-order valence-electron chi connectivity index (χ0n) is 13.5. The molecule has 2 heterocycles. The molecule has 5 heteroatoms. The van der Waals surface area contributed by atoms with Crippen LogP contribution in [0, 0.1) is 0 Å². The molecule has 0 aromatic carbocycles. The Hall–Kier alpha value is -1.07. The summed E-state index contributed by atoms with van der Waals surface area (Å²) < 4.78 is 2.23. The molecule has 1 aromatic heterocycles. The molecule has 0 spiro atoms. The van der Waals surface area contributed by atoms with Crippen LogP contribution in [0.15, 0.2) is 18.3 Å². The van der Waals surface area contributed by atoms with Crippen LogP contribution in [-0.4, -0.2) is 53.2 Å². The van der Waals surface area contributed by atoms with Gasteiger partial charge < -0.3 is 19.7 Å². The van der Waals surface area contributed by atoms with Crippen molar-refractivity contribution < 1.29 is 0 Å². The van der Waals surface area contributed by atoms with Crippen molar-refractivity contribution in [3.8, 4) is 0 Å². The summed E-state index contributed by atoms with van der Waals surface area (Å²) in [5.74, 6) is 0. The molecule has 0 radical (unpaired) electrons. The summed E-state index contributed by atoms with van der Waals surface area (Å²) >= 11 is 5.67. The summed E-state index contributed by atoms with van der Waals surface area (Å²) in [6.07, 6.45) is 7.13. The van der Waals surface area contributed by atoms with Crippen LogP contribution in [-0.2, 0) is 7.05 Å². The van der Waals surface area contributed by atoms with Crippen molar-refractivity contribution in [2.24, 2.45) is 7.05 Å². The Morgan fingerprint density at radius 1 is 1.38 bits per heavy atom. The Balaban J connectivity index is 2.05. The normalized spacial score (nSPS) is 19.6. The molecular formula is C16H28N4S. The number of nitrogens with zero attached hydrogens (tertiary/aromatic N) is 3. The van der Waals surface area contributed by atoms with E-state index in [0.29, 0.717) is 6.04 Å². The van der Waals surface area contributed by atoms with Gasteiger partial charge in [0.15, 0.2) is 5.11 Å². The van der Waals surface area contributed by atoms with Crippen molar-refractivity contribution in [2.45, 2.75) is 31.7 Å². The average Bonchev–Trinajstić information content (AvgIpc) is 2.72. The first kappa shape index (κ1) is 16.3. The van der Waals surface area contributed by atoms with Crippen molar-refractivity contribution in [1.82, 2.24) is 19.7 Å². The molecule has 0 unspecified atom stereocenters. The van der Waals surface area contributed by atoms with E-state index in [1.165, 1.54) is 31.4 Å². The number of aromatic nitrogens is 1. The summed E-state index contributed by atoms with van der Waals surface area (Å²) in [5.41, 5.74) is 1.37. The first-order valence-electron chi connectivity index (χ1n) is 7.90. The number of aryl methyl sites for hydroxylation is 1. The maximum Gasteiger partial charge on any atom is 0.169 e. The lowest BCUT2D eigenvalue weighted by molar-refractivity contribution is 0.304. The number of thiocarbonyl (C=S) groups is 1. The fraction of sp³-hybridized carbons (Fsp3) is 0.688. The molecule has 0 saturated carbocycles. The van der Waals surface area contributed by atoms with E-state index >= 15 is 0 Å². The molecule has 2 rings (SSSR count). The monoisotopic (exact) mass is 308 g/mol. The van der Waals surface area contributed by atoms with Crippen LogP contribution in [0.25, 0.3) is 0 Å². The van der Waals surface area contributed by atoms with E-state index in [9.17, 15) is 0 Å². The minimum atomic E-state index is 0.409. The van der Waals surface area contributed by atoms with E-state index in [0.717, 1.165) is 24.7 Å². The molecule has 1 aromatic rings. The van der Waals surface area contributed by atoms with Gasteiger partial charge in [-0.2, -0.15) is 0 Å². The minimum Gasteiger partial charge on any atom is -0.361 e. The lowest BCUT2D eigenvalue weighted by Gasteiger charge is -2.33. The Morgan fingerprint density at radius 2 is 2.19 bits per heavy atom. The van der Waals surface area contributed by atoms with Crippen molar-refractivity contribution in [1.29, 1.82) is 0 Å². The fourth-order valence-electron chi connectivity index (χ4n) is 2.97. The first-order chi connectivity index (χ1) is 10.1. The van der Waals surface area contributed by atoms with Crippen molar-refractivity contribution in [3.05, 3.63) is 24.0 Å². The third kappa shape index (κ3) is 4.45. The van der Waals surface area contributed by atoms with Crippen molar-refractivity contribution in [3.63, 3.8) is 0 Å². The summed E-state index contributed by atoms with van der Waals surface area (Å²) in [6, 6.07) is 4.76. The Morgan fingerprint density at radius 3 is 2.86 bits per heavy atom. The van der Waals surface area contributed by atoms with Gasteiger partial charge in [0.2, 0.25) is 0 Å². The summed E-state index contributed by atoms with van der Waals surface area (Å²) in [6.45, 7) is 2.97. The van der Waals surface area contributed by atoms with Gasteiger partial charge in [0, 0.05) is 38.6 Å². The maximum absolute atomic E-state index is 5.67. The van der Waals surface area contributed by atoms with Gasteiger partial charge in [0.05, 0.1) is 6.04 Å². The van der Waals surface area contributed by atoms with Gasteiger partial charge in [-0.15, -0.1) is 0 Å². The highest BCUT2D eigenvalue weighted by atomic mass is 32.1. The molecule has 4 nitrogen and oxygen atoms in total. The second kappa shape index (κ2) is 7.80. The van der Waals surface area contributed by atoms with Crippen molar-refractivity contribution >= 4 is 17.3 Å². The average molecular weight is 308 g/mol. The van der Waals surface area contributed by atoms with E-state index in [4.69, 9.17) is 12.2 Å². The second-order valence-corrected chi connectivity index (χ2v) is 6.52. The van der Waals surface area contributed by atoms with E-state index < -0.39 is 0 Å². The van der Waals surface area contributed by atoms with E-state index in [1.807, 2.05) is 0 Å². The van der Waals surface area contributed by atoms with Gasteiger partial charge >= 0.3 is 0 Å². The largest absolute Gasteiger partial charge is 0.361 e. The minimum absolute atomic E-state index is 0.409. The number of likely N-dealkylation sites (N-methyl/N-ethyl adjacent to an activating group) is 1. The molecule has 1 atom stereocenters. The molecule has 1 fully saturated rings. The summed E-state index contributed by atoms with van der Waals surface area (Å²) in [7, 11) is 6.30. The van der Waals surface area contributed by atoms with Gasteiger partial charge in [-0.1, -0.05) is 12.8 Å². The van der Waals surface area contributed by atoms with Crippen molar-refractivity contribution in [2.75, 3.05) is 33.7 Å². The molecule has 1 saturated heterocycles. The SMILES string of the molecule is CN(C)CCNC(=S)N1CCCCC[C@H]1c1cccn1C. The van der Waals surface area contributed by atoms with Gasteiger partial charge in [0.1, 0.15) is 0 Å². The molecule has 118 valence electrons.